The number of ether oxygens (including phenoxy) is 2. The zero-order chi connectivity index (χ0) is 18.1. The molecule has 0 atom stereocenters. The summed E-state index contributed by atoms with van der Waals surface area (Å²) in [5.74, 6) is 2.32. The van der Waals surface area contributed by atoms with Crippen LogP contribution >= 0.6 is 0 Å². The molecule has 0 amide bonds. The highest BCUT2D eigenvalue weighted by Crippen LogP contribution is 2.40. The third-order valence-electron chi connectivity index (χ3n) is 5.36. The van der Waals surface area contributed by atoms with E-state index in [9.17, 15) is 0 Å². The molecule has 0 bridgehead atoms. The third-order valence-corrected chi connectivity index (χ3v) is 5.36. The van der Waals surface area contributed by atoms with Gasteiger partial charge in [0.1, 0.15) is 0 Å². The molecule has 1 aliphatic heterocycles. The maximum atomic E-state index is 5.52. The van der Waals surface area contributed by atoms with E-state index >= 15 is 0 Å². The highest BCUT2D eigenvalue weighted by atomic mass is 16.7. The average Bonchev–Trinajstić information content (AvgIpc) is 3.38. The third kappa shape index (κ3) is 2.89. The SMILES string of the molecule is c1ccc(NC2(c3nnnn3-c3ccc4c(c3)OCO4)CCCCC2)cc1. The van der Waals surface area contributed by atoms with Crippen molar-refractivity contribution in [2.45, 2.75) is 37.6 Å². The van der Waals surface area contributed by atoms with Crippen molar-refractivity contribution in [3.63, 3.8) is 0 Å². The number of fused-ring (bicyclic) bond motifs is 1. The Morgan fingerprint density at radius 3 is 2.59 bits per heavy atom. The summed E-state index contributed by atoms with van der Waals surface area (Å²) in [6.07, 6.45) is 5.52. The minimum Gasteiger partial charge on any atom is -0.454 e. The van der Waals surface area contributed by atoms with Crippen molar-refractivity contribution in [1.82, 2.24) is 20.2 Å². The largest absolute Gasteiger partial charge is 0.454 e. The fourth-order valence-corrected chi connectivity index (χ4v) is 4.03. The normalized spacial score (nSPS) is 17.6. The van der Waals surface area contributed by atoms with Crippen molar-refractivity contribution in [3.05, 3.63) is 54.4 Å². The summed E-state index contributed by atoms with van der Waals surface area (Å²) in [6, 6.07) is 16.1. The predicted octanol–water partition coefficient (Wildman–Crippen LogP) is 3.66. The quantitative estimate of drug-likeness (QED) is 0.762. The first-order valence-electron chi connectivity index (χ1n) is 9.36. The average molecular weight is 363 g/mol. The van der Waals surface area contributed by atoms with Gasteiger partial charge in [0.2, 0.25) is 6.79 Å². The Hall–Kier alpha value is -3.09. The van der Waals surface area contributed by atoms with Crippen LogP contribution in [0.1, 0.15) is 37.9 Å². The van der Waals surface area contributed by atoms with Gasteiger partial charge >= 0.3 is 0 Å². The monoisotopic (exact) mass is 363 g/mol. The fourth-order valence-electron chi connectivity index (χ4n) is 4.03. The minimum absolute atomic E-state index is 0.251. The molecular formula is C20H21N5O2. The van der Waals surface area contributed by atoms with Crippen LogP contribution in [0.5, 0.6) is 11.5 Å². The van der Waals surface area contributed by atoms with Crippen LogP contribution in [-0.4, -0.2) is 27.0 Å². The molecule has 2 heterocycles. The van der Waals surface area contributed by atoms with Gasteiger partial charge in [-0.25, -0.2) is 0 Å². The minimum atomic E-state index is -0.292. The summed E-state index contributed by atoms with van der Waals surface area (Å²) in [7, 11) is 0. The van der Waals surface area contributed by atoms with Crippen molar-refractivity contribution in [1.29, 1.82) is 0 Å². The Morgan fingerprint density at radius 1 is 0.926 bits per heavy atom. The Morgan fingerprint density at radius 2 is 1.74 bits per heavy atom. The van der Waals surface area contributed by atoms with Crippen LogP contribution in [0.15, 0.2) is 48.5 Å². The van der Waals surface area contributed by atoms with Crippen molar-refractivity contribution in [3.8, 4) is 17.2 Å². The molecule has 0 saturated heterocycles. The molecule has 138 valence electrons. The van der Waals surface area contributed by atoms with Gasteiger partial charge in [-0.15, -0.1) is 5.10 Å². The first-order valence-corrected chi connectivity index (χ1v) is 9.36. The van der Waals surface area contributed by atoms with E-state index in [1.165, 1.54) is 6.42 Å². The summed E-state index contributed by atoms with van der Waals surface area (Å²) in [6.45, 7) is 0.251. The molecule has 1 aromatic heterocycles. The molecule has 7 nitrogen and oxygen atoms in total. The number of hydrogen-bond acceptors (Lipinski definition) is 6. The molecule has 0 spiro atoms. The lowest BCUT2D eigenvalue weighted by Crippen LogP contribution is -2.40. The highest BCUT2D eigenvalue weighted by molar-refractivity contribution is 5.51. The lowest BCUT2D eigenvalue weighted by molar-refractivity contribution is 0.174. The number of aromatic nitrogens is 4. The standard InChI is InChI=1S/C20H21N5O2/c1-3-7-15(8-4-1)21-20(11-5-2-6-12-20)19-22-23-24-25(19)16-9-10-17-18(13-16)27-14-26-17/h1,3-4,7-10,13,21H,2,5-6,11-12,14H2. The summed E-state index contributed by atoms with van der Waals surface area (Å²) in [4.78, 5) is 0. The maximum absolute atomic E-state index is 5.52. The molecule has 1 aliphatic carbocycles. The van der Waals surface area contributed by atoms with Crippen LogP contribution in [0.2, 0.25) is 0 Å². The molecule has 27 heavy (non-hydrogen) atoms. The van der Waals surface area contributed by atoms with Gasteiger partial charge in [0.05, 0.1) is 11.2 Å². The van der Waals surface area contributed by atoms with Crippen molar-refractivity contribution in [2.75, 3.05) is 12.1 Å². The Labute approximate surface area is 157 Å². The van der Waals surface area contributed by atoms with Crippen molar-refractivity contribution >= 4 is 5.69 Å². The summed E-state index contributed by atoms with van der Waals surface area (Å²) in [5.41, 5.74) is 1.66. The zero-order valence-electron chi connectivity index (χ0n) is 15.0. The molecule has 2 aliphatic rings. The van der Waals surface area contributed by atoms with Gasteiger partial charge in [-0.3, -0.25) is 0 Å². The Bertz CT molecular complexity index is 935. The summed E-state index contributed by atoms with van der Waals surface area (Å²) < 4.78 is 12.8. The molecule has 3 aromatic rings. The second kappa shape index (κ2) is 6.57. The van der Waals surface area contributed by atoms with Gasteiger partial charge in [0.25, 0.3) is 0 Å². The van der Waals surface area contributed by atoms with E-state index < -0.39 is 0 Å². The molecule has 0 unspecified atom stereocenters. The fraction of sp³-hybridized carbons (Fsp3) is 0.350. The van der Waals surface area contributed by atoms with Gasteiger partial charge in [-0.2, -0.15) is 4.68 Å². The molecule has 1 N–H and O–H groups in total. The Balaban J connectivity index is 1.56. The van der Waals surface area contributed by atoms with Gasteiger partial charge in [-0.05, 0) is 47.5 Å². The topological polar surface area (TPSA) is 74.1 Å². The maximum Gasteiger partial charge on any atom is 0.231 e. The van der Waals surface area contributed by atoms with Crippen LogP contribution in [0, 0.1) is 0 Å². The van der Waals surface area contributed by atoms with Gasteiger partial charge in [0, 0.05) is 11.8 Å². The predicted molar refractivity (Wildman–Crippen MR) is 100 cm³/mol. The molecule has 7 heteroatoms. The van der Waals surface area contributed by atoms with Crippen LogP contribution < -0.4 is 14.8 Å². The van der Waals surface area contributed by atoms with E-state index in [-0.39, 0.29) is 12.3 Å². The number of para-hydroxylation sites is 1. The van der Waals surface area contributed by atoms with Crippen LogP contribution in [-0.2, 0) is 5.54 Å². The second-order valence-electron chi connectivity index (χ2n) is 7.09. The molecule has 1 saturated carbocycles. The van der Waals surface area contributed by atoms with E-state index in [0.29, 0.717) is 0 Å². The van der Waals surface area contributed by atoms with Crippen LogP contribution in [0.3, 0.4) is 0 Å². The molecule has 0 radical (unpaired) electrons. The number of benzene rings is 2. The number of hydrogen-bond donors (Lipinski definition) is 1. The highest BCUT2D eigenvalue weighted by Gasteiger charge is 2.39. The van der Waals surface area contributed by atoms with Gasteiger partial charge in [-0.1, -0.05) is 37.5 Å². The van der Waals surface area contributed by atoms with Crippen LogP contribution in [0.25, 0.3) is 5.69 Å². The number of tetrazole rings is 1. The smallest absolute Gasteiger partial charge is 0.231 e. The Kier molecular flexibility index (Phi) is 3.92. The molecule has 5 rings (SSSR count). The van der Waals surface area contributed by atoms with E-state index in [2.05, 4.69) is 33.0 Å². The van der Waals surface area contributed by atoms with Gasteiger partial charge in [0.15, 0.2) is 17.3 Å². The lowest BCUT2D eigenvalue weighted by atomic mass is 9.80. The number of anilines is 1. The summed E-state index contributed by atoms with van der Waals surface area (Å²) in [5, 5.41) is 16.5. The molecular weight excluding hydrogens is 342 g/mol. The second-order valence-corrected chi connectivity index (χ2v) is 7.09. The van der Waals surface area contributed by atoms with Crippen LogP contribution in [0.4, 0.5) is 5.69 Å². The summed E-state index contributed by atoms with van der Waals surface area (Å²) >= 11 is 0. The number of nitrogens with zero attached hydrogens (tertiary/aromatic N) is 4. The molecule has 1 fully saturated rings. The first-order chi connectivity index (χ1) is 13.3. The van der Waals surface area contributed by atoms with E-state index in [0.717, 1.165) is 54.4 Å². The van der Waals surface area contributed by atoms with E-state index in [1.54, 1.807) is 0 Å². The van der Waals surface area contributed by atoms with Crippen molar-refractivity contribution in [2.24, 2.45) is 0 Å². The van der Waals surface area contributed by atoms with E-state index in [4.69, 9.17) is 9.47 Å². The van der Waals surface area contributed by atoms with Gasteiger partial charge < -0.3 is 14.8 Å². The van der Waals surface area contributed by atoms with Crippen molar-refractivity contribution < 1.29 is 9.47 Å². The van der Waals surface area contributed by atoms with E-state index in [1.807, 2.05) is 41.1 Å². The molecule has 2 aromatic carbocycles. The number of rotatable bonds is 4. The first kappa shape index (κ1) is 16.1. The number of nitrogens with one attached hydrogen (secondary N) is 1. The lowest BCUT2D eigenvalue weighted by Gasteiger charge is -2.37. The zero-order valence-corrected chi connectivity index (χ0v) is 15.0.